The highest BCUT2D eigenvalue weighted by Gasteiger charge is 2.34. The second kappa shape index (κ2) is 6.90. The zero-order chi connectivity index (χ0) is 16.2. The predicted octanol–water partition coefficient (Wildman–Crippen LogP) is -0.777. The number of quaternary nitrogens is 1. The van der Waals surface area contributed by atoms with Crippen molar-refractivity contribution in [1.29, 1.82) is 5.26 Å². The summed E-state index contributed by atoms with van der Waals surface area (Å²) in [7, 11) is 1.82. The maximum absolute atomic E-state index is 12.3. The third-order valence-corrected chi connectivity index (χ3v) is 4.28. The number of likely N-dealkylation sites (N-methyl/N-ethyl adjacent to an activating group) is 1. The van der Waals surface area contributed by atoms with Crippen molar-refractivity contribution >= 4 is 11.8 Å². The fourth-order valence-electron chi connectivity index (χ4n) is 1.80. The van der Waals surface area contributed by atoms with Crippen LogP contribution in [0.15, 0.2) is 0 Å². The Hall–Kier alpha value is -1.61. The predicted molar refractivity (Wildman–Crippen MR) is 79.4 cm³/mol. The average molecular weight is 295 g/mol. The monoisotopic (exact) mass is 295 g/mol. The van der Waals surface area contributed by atoms with Gasteiger partial charge in [0.05, 0.1) is 13.1 Å². The molecule has 0 aliphatic heterocycles. The minimum atomic E-state index is -0.887. The second-order valence-electron chi connectivity index (χ2n) is 6.54. The number of amides is 2. The molecule has 0 heterocycles. The molecule has 0 radical (unpaired) electrons. The number of carbonyl (C=O) groups is 2. The standard InChI is InChI=1S/C15H26N4O2/c1-10(2)15(4,9-16)18-14(21)11(3)19(5)8-13(20)17-12-6-7-12/h10-12H,6-8H2,1-5H3,(H,17,20)(H,18,21)/p+1/t11-,15+/m0/s1. The van der Waals surface area contributed by atoms with Crippen LogP contribution < -0.4 is 15.5 Å². The van der Waals surface area contributed by atoms with Gasteiger partial charge >= 0.3 is 0 Å². The SMILES string of the molecule is CC(C)[C@@](C)(C#N)NC(=O)[C@H](C)[NH+](C)CC(=O)NC1CC1. The van der Waals surface area contributed by atoms with Crippen molar-refractivity contribution in [2.75, 3.05) is 13.6 Å². The molecular formula is C15H27N4O2+. The number of hydrogen-bond acceptors (Lipinski definition) is 3. The largest absolute Gasteiger partial charge is 0.348 e. The van der Waals surface area contributed by atoms with E-state index in [0.29, 0.717) is 6.04 Å². The van der Waals surface area contributed by atoms with E-state index >= 15 is 0 Å². The Morgan fingerprint density at radius 2 is 1.95 bits per heavy atom. The molecule has 6 heteroatoms. The van der Waals surface area contributed by atoms with Gasteiger partial charge in [-0.3, -0.25) is 9.59 Å². The molecule has 6 nitrogen and oxygen atoms in total. The summed E-state index contributed by atoms with van der Waals surface area (Å²) in [4.78, 5) is 24.8. The fourth-order valence-corrected chi connectivity index (χ4v) is 1.80. The highest BCUT2D eigenvalue weighted by Crippen LogP contribution is 2.18. The Balaban J connectivity index is 2.52. The van der Waals surface area contributed by atoms with Crippen molar-refractivity contribution in [2.45, 2.75) is 58.2 Å². The highest BCUT2D eigenvalue weighted by atomic mass is 16.2. The van der Waals surface area contributed by atoms with Crippen LogP contribution in [-0.2, 0) is 9.59 Å². The van der Waals surface area contributed by atoms with E-state index in [4.69, 9.17) is 0 Å². The molecule has 0 aromatic carbocycles. The average Bonchev–Trinajstić information content (AvgIpc) is 3.20. The first-order valence-electron chi connectivity index (χ1n) is 7.54. The molecule has 0 aromatic rings. The van der Waals surface area contributed by atoms with Gasteiger partial charge < -0.3 is 15.5 Å². The lowest BCUT2D eigenvalue weighted by Gasteiger charge is -2.29. The topological polar surface area (TPSA) is 86.4 Å². The van der Waals surface area contributed by atoms with E-state index in [9.17, 15) is 14.9 Å². The molecule has 1 aliphatic rings. The first kappa shape index (κ1) is 17.4. The van der Waals surface area contributed by atoms with Crippen LogP contribution in [0.2, 0.25) is 0 Å². The third kappa shape index (κ3) is 5.01. The van der Waals surface area contributed by atoms with Gasteiger partial charge in [-0.25, -0.2) is 0 Å². The van der Waals surface area contributed by atoms with Crippen molar-refractivity contribution in [2.24, 2.45) is 5.92 Å². The number of rotatable bonds is 7. The van der Waals surface area contributed by atoms with Crippen molar-refractivity contribution in [1.82, 2.24) is 10.6 Å². The number of carbonyl (C=O) groups excluding carboxylic acids is 2. The molecule has 3 atom stereocenters. The Morgan fingerprint density at radius 1 is 1.38 bits per heavy atom. The molecule has 2 amide bonds. The van der Waals surface area contributed by atoms with Gasteiger partial charge in [-0.15, -0.1) is 0 Å². The van der Waals surface area contributed by atoms with Crippen LogP contribution >= 0.6 is 0 Å². The van der Waals surface area contributed by atoms with E-state index in [-0.39, 0.29) is 30.3 Å². The van der Waals surface area contributed by atoms with Crippen molar-refractivity contribution in [3.05, 3.63) is 0 Å². The maximum atomic E-state index is 12.3. The number of nitriles is 1. The van der Waals surface area contributed by atoms with Crippen LogP contribution in [0, 0.1) is 17.2 Å². The summed E-state index contributed by atoms with van der Waals surface area (Å²) in [6, 6.07) is 2.10. The van der Waals surface area contributed by atoms with Gasteiger partial charge in [0.15, 0.2) is 12.6 Å². The van der Waals surface area contributed by atoms with Gasteiger partial charge in [0.1, 0.15) is 5.54 Å². The summed E-state index contributed by atoms with van der Waals surface area (Å²) in [6.07, 6.45) is 2.10. The summed E-state index contributed by atoms with van der Waals surface area (Å²) in [5.74, 6) is -0.219. The summed E-state index contributed by atoms with van der Waals surface area (Å²) in [6.45, 7) is 7.54. The van der Waals surface area contributed by atoms with Gasteiger partial charge in [0.25, 0.3) is 11.8 Å². The molecule has 3 N–H and O–H groups in total. The number of hydrogen-bond donors (Lipinski definition) is 3. The minimum absolute atomic E-state index is 0.0112. The van der Waals surface area contributed by atoms with Gasteiger partial charge in [0, 0.05) is 6.04 Å². The molecule has 1 saturated carbocycles. The van der Waals surface area contributed by atoms with Crippen molar-refractivity contribution < 1.29 is 14.5 Å². The van der Waals surface area contributed by atoms with Crippen LogP contribution in [0.1, 0.15) is 40.5 Å². The second-order valence-corrected chi connectivity index (χ2v) is 6.54. The molecule has 21 heavy (non-hydrogen) atoms. The van der Waals surface area contributed by atoms with E-state index in [0.717, 1.165) is 17.7 Å². The number of nitrogens with one attached hydrogen (secondary N) is 3. The molecule has 1 unspecified atom stereocenters. The molecule has 118 valence electrons. The molecule has 1 rings (SSSR count). The van der Waals surface area contributed by atoms with Gasteiger partial charge in [-0.2, -0.15) is 5.26 Å². The van der Waals surface area contributed by atoms with Crippen LogP contribution in [0.3, 0.4) is 0 Å². The van der Waals surface area contributed by atoms with E-state index < -0.39 is 5.54 Å². The third-order valence-electron chi connectivity index (χ3n) is 4.28. The first-order chi connectivity index (χ1) is 9.69. The zero-order valence-electron chi connectivity index (χ0n) is 13.6. The molecular weight excluding hydrogens is 268 g/mol. The lowest BCUT2D eigenvalue weighted by atomic mass is 9.90. The Morgan fingerprint density at radius 3 is 2.38 bits per heavy atom. The maximum Gasteiger partial charge on any atom is 0.279 e. The Kier molecular flexibility index (Phi) is 5.73. The van der Waals surface area contributed by atoms with Crippen LogP contribution in [-0.4, -0.2) is 43.0 Å². The smallest absolute Gasteiger partial charge is 0.279 e. The van der Waals surface area contributed by atoms with Gasteiger partial charge in [-0.05, 0) is 32.6 Å². The van der Waals surface area contributed by atoms with Gasteiger partial charge in [-0.1, -0.05) is 13.8 Å². The van der Waals surface area contributed by atoms with E-state index in [1.807, 2.05) is 20.9 Å². The van der Waals surface area contributed by atoms with Crippen LogP contribution in [0.25, 0.3) is 0 Å². The van der Waals surface area contributed by atoms with Crippen molar-refractivity contribution in [3.8, 4) is 6.07 Å². The molecule has 0 spiro atoms. The molecule has 0 bridgehead atoms. The van der Waals surface area contributed by atoms with Crippen LogP contribution in [0.4, 0.5) is 0 Å². The highest BCUT2D eigenvalue weighted by molar-refractivity contribution is 5.82. The Labute approximate surface area is 126 Å². The van der Waals surface area contributed by atoms with Crippen molar-refractivity contribution in [3.63, 3.8) is 0 Å². The normalized spacial score (nSPS) is 20.0. The molecule has 0 saturated heterocycles. The minimum Gasteiger partial charge on any atom is -0.348 e. The van der Waals surface area contributed by atoms with E-state index in [1.165, 1.54) is 0 Å². The first-order valence-corrected chi connectivity index (χ1v) is 7.54. The lowest BCUT2D eigenvalue weighted by Crippen LogP contribution is -3.15. The quantitative estimate of drug-likeness (QED) is 0.576. The molecule has 1 fully saturated rings. The van der Waals surface area contributed by atoms with E-state index in [1.54, 1.807) is 13.8 Å². The zero-order valence-corrected chi connectivity index (χ0v) is 13.6. The van der Waals surface area contributed by atoms with Gasteiger partial charge in [0.2, 0.25) is 0 Å². The molecule has 0 aromatic heterocycles. The summed E-state index contributed by atoms with van der Waals surface area (Å²) < 4.78 is 0. The summed E-state index contributed by atoms with van der Waals surface area (Å²) in [5, 5.41) is 15.0. The summed E-state index contributed by atoms with van der Waals surface area (Å²) >= 11 is 0. The molecule has 1 aliphatic carbocycles. The lowest BCUT2D eigenvalue weighted by molar-refractivity contribution is -0.886. The number of nitrogens with zero attached hydrogens (tertiary/aromatic N) is 1. The van der Waals surface area contributed by atoms with Crippen LogP contribution in [0.5, 0.6) is 0 Å². The fraction of sp³-hybridized carbons (Fsp3) is 0.800. The van der Waals surface area contributed by atoms with E-state index in [2.05, 4.69) is 16.7 Å². The Bertz CT molecular complexity index is 439. The summed E-state index contributed by atoms with van der Waals surface area (Å²) in [5.41, 5.74) is -0.887.